The summed E-state index contributed by atoms with van der Waals surface area (Å²) in [5.41, 5.74) is 3.40. The highest BCUT2D eigenvalue weighted by Gasteiger charge is 2.12. The minimum Gasteiger partial charge on any atom is -0.355 e. The highest BCUT2D eigenvalue weighted by molar-refractivity contribution is 7.89. The van der Waals surface area contributed by atoms with Crippen LogP contribution in [0.4, 0.5) is 0 Å². The summed E-state index contributed by atoms with van der Waals surface area (Å²) in [6.07, 6.45) is 2.06. The maximum atomic E-state index is 12.1. The van der Waals surface area contributed by atoms with E-state index in [4.69, 9.17) is 0 Å². The average Bonchev–Trinajstić information content (AvgIpc) is 2.64. The van der Waals surface area contributed by atoms with Gasteiger partial charge in [-0.2, -0.15) is 0 Å². The molecule has 6 heteroatoms. The first kappa shape index (κ1) is 20.1. The molecule has 0 aliphatic heterocycles. The van der Waals surface area contributed by atoms with Gasteiger partial charge in [-0.05, 0) is 43.0 Å². The third-order valence-electron chi connectivity index (χ3n) is 4.14. The van der Waals surface area contributed by atoms with Crippen molar-refractivity contribution in [2.75, 3.05) is 13.1 Å². The molecule has 0 spiro atoms. The maximum absolute atomic E-state index is 12.1. The highest BCUT2D eigenvalue weighted by Crippen LogP contribution is 2.09. The summed E-state index contributed by atoms with van der Waals surface area (Å²) in [4.78, 5) is 12.1. The zero-order valence-electron chi connectivity index (χ0n) is 15.3. The number of benzene rings is 2. The number of carbonyl (C=O) groups excluding carboxylic acids is 1. The lowest BCUT2D eigenvalue weighted by Crippen LogP contribution is -2.34. The Bertz CT molecular complexity index is 813. The number of sulfonamides is 1. The van der Waals surface area contributed by atoms with Crippen molar-refractivity contribution in [3.63, 3.8) is 0 Å². The lowest BCUT2D eigenvalue weighted by atomic mass is 10.1. The van der Waals surface area contributed by atoms with Crippen molar-refractivity contribution in [1.82, 2.24) is 10.0 Å². The van der Waals surface area contributed by atoms with Crippen LogP contribution in [0.3, 0.4) is 0 Å². The second kappa shape index (κ2) is 9.50. The molecule has 0 bridgehead atoms. The van der Waals surface area contributed by atoms with E-state index in [1.54, 1.807) is 24.3 Å². The van der Waals surface area contributed by atoms with Crippen molar-refractivity contribution < 1.29 is 13.2 Å². The van der Waals surface area contributed by atoms with Gasteiger partial charge in [0.15, 0.2) is 0 Å². The van der Waals surface area contributed by atoms with Crippen molar-refractivity contribution in [2.24, 2.45) is 0 Å². The zero-order valence-corrected chi connectivity index (χ0v) is 16.1. The Morgan fingerprint density at radius 3 is 2.15 bits per heavy atom. The number of nitrogens with one attached hydrogen (secondary N) is 2. The Morgan fingerprint density at radius 2 is 1.54 bits per heavy atom. The van der Waals surface area contributed by atoms with Crippen LogP contribution in [0.2, 0.25) is 0 Å². The maximum Gasteiger partial charge on any atom is 0.240 e. The summed E-state index contributed by atoms with van der Waals surface area (Å²) >= 11 is 0. The van der Waals surface area contributed by atoms with Gasteiger partial charge in [0.25, 0.3) is 0 Å². The summed E-state index contributed by atoms with van der Waals surface area (Å²) in [5, 5.41) is 2.74. The molecule has 0 radical (unpaired) electrons. The summed E-state index contributed by atoms with van der Waals surface area (Å²) in [6.45, 7) is 4.43. The molecule has 140 valence electrons. The van der Waals surface area contributed by atoms with E-state index in [1.165, 1.54) is 5.56 Å². The molecule has 0 aliphatic carbocycles. The quantitative estimate of drug-likeness (QED) is 0.663. The first-order valence-corrected chi connectivity index (χ1v) is 10.3. The van der Waals surface area contributed by atoms with Gasteiger partial charge >= 0.3 is 0 Å². The Labute approximate surface area is 155 Å². The normalized spacial score (nSPS) is 11.3. The molecule has 2 aromatic carbocycles. The van der Waals surface area contributed by atoms with Gasteiger partial charge in [0, 0.05) is 19.5 Å². The molecular formula is C20H26N2O3S. The van der Waals surface area contributed by atoms with Crippen LogP contribution in [-0.4, -0.2) is 27.4 Å². The van der Waals surface area contributed by atoms with Crippen LogP contribution in [0.25, 0.3) is 0 Å². The van der Waals surface area contributed by atoms with Crippen LogP contribution >= 0.6 is 0 Å². The van der Waals surface area contributed by atoms with E-state index in [9.17, 15) is 13.2 Å². The van der Waals surface area contributed by atoms with E-state index in [2.05, 4.69) is 29.1 Å². The third-order valence-corrected chi connectivity index (χ3v) is 5.62. The molecule has 0 fully saturated rings. The van der Waals surface area contributed by atoms with Gasteiger partial charge in [-0.3, -0.25) is 4.79 Å². The van der Waals surface area contributed by atoms with Gasteiger partial charge < -0.3 is 5.32 Å². The SMILES string of the molecule is CCc1ccc(CCC(=O)NCCNS(=O)(=O)c2ccc(C)cc2)cc1. The van der Waals surface area contributed by atoms with E-state index in [1.807, 2.05) is 19.1 Å². The number of carbonyl (C=O) groups is 1. The number of hydrogen-bond donors (Lipinski definition) is 2. The number of aryl methyl sites for hydroxylation is 3. The molecule has 2 rings (SSSR count). The molecule has 2 N–H and O–H groups in total. The third kappa shape index (κ3) is 6.28. The van der Waals surface area contributed by atoms with Crippen molar-refractivity contribution in [3.05, 3.63) is 65.2 Å². The number of hydrogen-bond acceptors (Lipinski definition) is 3. The molecule has 0 aliphatic rings. The van der Waals surface area contributed by atoms with Gasteiger partial charge in [-0.15, -0.1) is 0 Å². The molecular weight excluding hydrogens is 348 g/mol. The molecule has 0 saturated heterocycles. The Balaban J connectivity index is 1.70. The van der Waals surface area contributed by atoms with Gasteiger partial charge in [0.05, 0.1) is 4.90 Å². The molecule has 0 saturated carbocycles. The number of amides is 1. The molecule has 1 amide bonds. The summed E-state index contributed by atoms with van der Waals surface area (Å²) < 4.78 is 26.7. The topological polar surface area (TPSA) is 75.3 Å². The predicted octanol–water partition coefficient (Wildman–Crippen LogP) is 2.58. The van der Waals surface area contributed by atoms with E-state index in [0.29, 0.717) is 12.8 Å². The van der Waals surface area contributed by atoms with Crippen LogP contribution < -0.4 is 10.0 Å². The lowest BCUT2D eigenvalue weighted by molar-refractivity contribution is -0.121. The predicted molar refractivity (Wildman–Crippen MR) is 104 cm³/mol. The van der Waals surface area contributed by atoms with Gasteiger partial charge in [0.1, 0.15) is 0 Å². The first-order chi connectivity index (χ1) is 12.4. The smallest absolute Gasteiger partial charge is 0.240 e. The van der Waals surface area contributed by atoms with Crippen molar-refractivity contribution in [3.8, 4) is 0 Å². The molecule has 0 heterocycles. The van der Waals surface area contributed by atoms with Crippen LogP contribution in [-0.2, 0) is 27.7 Å². The Kier molecular flexibility index (Phi) is 7.36. The van der Waals surface area contributed by atoms with Crippen molar-refractivity contribution in [2.45, 2.75) is 38.0 Å². The Hall–Kier alpha value is -2.18. The standard InChI is InChI=1S/C20H26N2O3S/c1-3-17-6-8-18(9-7-17)10-13-20(23)21-14-15-22-26(24,25)19-11-4-16(2)5-12-19/h4-9,11-12,22H,3,10,13-15H2,1-2H3,(H,21,23). The van der Waals surface area contributed by atoms with Gasteiger partial charge in [-0.25, -0.2) is 13.1 Å². The fraction of sp³-hybridized carbons (Fsp3) is 0.350. The van der Waals surface area contributed by atoms with E-state index in [-0.39, 0.29) is 23.9 Å². The summed E-state index contributed by atoms with van der Waals surface area (Å²) in [5.74, 6) is -0.0842. The molecule has 2 aromatic rings. The Morgan fingerprint density at radius 1 is 0.923 bits per heavy atom. The van der Waals surface area contributed by atoms with Crippen molar-refractivity contribution in [1.29, 1.82) is 0 Å². The van der Waals surface area contributed by atoms with Crippen LogP contribution in [0, 0.1) is 6.92 Å². The van der Waals surface area contributed by atoms with Gasteiger partial charge in [0.2, 0.25) is 15.9 Å². The van der Waals surface area contributed by atoms with Gasteiger partial charge in [-0.1, -0.05) is 48.9 Å². The zero-order chi connectivity index (χ0) is 19.0. The fourth-order valence-corrected chi connectivity index (χ4v) is 3.51. The second-order valence-electron chi connectivity index (χ2n) is 6.23. The minimum absolute atomic E-state index is 0.0842. The minimum atomic E-state index is -3.54. The molecule has 0 atom stereocenters. The fourth-order valence-electron chi connectivity index (χ4n) is 2.48. The largest absolute Gasteiger partial charge is 0.355 e. The molecule has 0 unspecified atom stereocenters. The summed E-state index contributed by atoms with van der Waals surface area (Å²) in [6, 6.07) is 14.9. The van der Waals surface area contributed by atoms with Crippen LogP contribution in [0.1, 0.15) is 30.0 Å². The van der Waals surface area contributed by atoms with Crippen molar-refractivity contribution >= 4 is 15.9 Å². The monoisotopic (exact) mass is 374 g/mol. The molecule has 0 aromatic heterocycles. The molecule has 26 heavy (non-hydrogen) atoms. The number of rotatable bonds is 9. The molecule has 5 nitrogen and oxygen atoms in total. The average molecular weight is 375 g/mol. The lowest BCUT2D eigenvalue weighted by Gasteiger charge is -2.08. The van der Waals surface area contributed by atoms with E-state index < -0.39 is 10.0 Å². The van der Waals surface area contributed by atoms with Crippen LogP contribution in [0.15, 0.2) is 53.4 Å². The van der Waals surface area contributed by atoms with E-state index in [0.717, 1.165) is 17.5 Å². The first-order valence-electron chi connectivity index (χ1n) is 8.81. The summed E-state index contributed by atoms with van der Waals surface area (Å²) in [7, 11) is -3.54. The second-order valence-corrected chi connectivity index (χ2v) is 8.00. The highest BCUT2D eigenvalue weighted by atomic mass is 32.2. The van der Waals surface area contributed by atoms with Crippen LogP contribution in [0.5, 0.6) is 0 Å². The van der Waals surface area contributed by atoms with E-state index >= 15 is 0 Å².